The summed E-state index contributed by atoms with van der Waals surface area (Å²) in [6, 6.07) is 16.7. The van der Waals surface area contributed by atoms with Gasteiger partial charge in [-0.3, -0.25) is 9.80 Å². The number of amides is 1. The topological polar surface area (TPSA) is 101 Å². The van der Waals surface area contributed by atoms with Crippen molar-refractivity contribution in [3.8, 4) is 0 Å². The summed E-state index contributed by atoms with van der Waals surface area (Å²) in [5.41, 5.74) is 0.942. The lowest BCUT2D eigenvalue weighted by Crippen LogP contribution is -2.54. The SMILES string of the molecule is CCC(Cc1ccccc1)N(NS(=O)(=O)c1ccccc1)C(=O)C(C)CS(C)(=O)=O. The number of nitrogens with one attached hydrogen (secondary N) is 1. The number of benzene rings is 2. The van der Waals surface area contributed by atoms with Crippen LogP contribution in [0.25, 0.3) is 0 Å². The Labute approximate surface area is 179 Å². The fourth-order valence-corrected chi connectivity index (χ4v) is 5.32. The van der Waals surface area contributed by atoms with E-state index in [1.165, 1.54) is 19.1 Å². The zero-order valence-electron chi connectivity index (χ0n) is 17.4. The Balaban J connectivity index is 2.38. The van der Waals surface area contributed by atoms with Gasteiger partial charge in [-0.25, -0.2) is 16.8 Å². The Kier molecular flexibility index (Phi) is 8.17. The molecule has 30 heavy (non-hydrogen) atoms. The smallest absolute Gasteiger partial charge is 0.257 e. The number of sulfone groups is 1. The van der Waals surface area contributed by atoms with Crippen LogP contribution in [0.3, 0.4) is 0 Å². The normalized spacial score (nSPS) is 14.1. The number of hydrogen-bond donors (Lipinski definition) is 1. The molecule has 0 aliphatic heterocycles. The lowest BCUT2D eigenvalue weighted by molar-refractivity contribution is -0.138. The van der Waals surface area contributed by atoms with Crippen molar-refractivity contribution in [3.63, 3.8) is 0 Å². The largest absolute Gasteiger partial charge is 0.273 e. The molecule has 0 fully saturated rings. The second-order valence-corrected chi connectivity index (χ2v) is 11.2. The minimum absolute atomic E-state index is 0.0214. The van der Waals surface area contributed by atoms with E-state index in [0.717, 1.165) is 16.8 Å². The van der Waals surface area contributed by atoms with Gasteiger partial charge in [0, 0.05) is 6.26 Å². The first-order chi connectivity index (χ1) is 14.0. The number of rotatable bonds is 10. The lowest BCUT2D eigenvalue weighted by atomic mass is 10.0. The van der Waals surface area contributed by atoms with Gasteiger partial charge in [-0.15, -0.1) is 4.83 Å². The van der Waals surface area contributed by atoms with Crippen molar-refractivity contribution in [2.75, 3.05) is 12.0 Å². The molecule has 7 nitrogen and oxygen atoms in total. The molecule has 0 aliphatic rings. The predicted octanol–water partition coefficient (Wildman–Crippen LogP) is 2.41. The Morgan fingerprint density at radius 2 is 1.50 bits per heavy atom. The van der Waals surface area contributed by atoms with Crippen molar-refractivity contribution >= 4 is 25.8 Å². The molecule has 164 valence electrons. The van der Waals surface area contributed by atoms with Crippen LogP contribution in [0.2, 0.25) is 0 Å². The van der Waals surface area contributed by atoms with Gasteiger partial charge in [-0.2, -0.15) is 0 Å². The molecule has 0 heterocycles. The molecule has 1 N–H and O–H groups in total. The summed E-state index contributed by atoms with van der Waals surface area (Å²) in [6.45, 7) is 3.34. The highest BCUT2D eigenvalue weighted by molar-refractivity contribution is 7.90. The second kappa shape index (κ2) is 10.2. The molecular formula is C21H28N2O5S2. The summed E-state index contributed by atoms with van der Waals surface area (Å²) in [6.07, 6.45) is 1.95. The number of nitrogens with zero attached hydrogens (tertiary/aromatic N) is 1. The Bertz CT molecular complexity index is 1040. The average Bonchev–Trinajstić information content (AvgIpc) is 2.70. The number of carbonyl (C=O) groups is 1. The molecule has 0 aliphatic carbocycles. The maximum atomic E-state index is 13.2. The van der Waals surface area contributed by atoms with Crippen LogP contribution >= 0.6 is 0 Å². The molecule has 1 amide bonds. The van der Waals surface area contributed by atoms with Crippen LogP contribution in [0.5, 0.6) is 0 Å². The zero-order valence-corrected chi connectivity index (χ0v) is 19.0. The van der Waals surface area contributed by atoms with Crippen LogP contribution in [0.15, 0.2) is 65.6 Å². The van der Waals surface area contributed by atoms with E-state index in [9.17, 15) is 21.6 Å². The summed E-state index contributed by atoms with van der Waals surface area (Å²) < 4.78 is 49.2. The Hall–Kier alpha value is -2.23. The third kappa shape index (κ3) is 6.93. The maximum Gasteiger partial charge on any atom is 0.257 e. The summed E-state index contributed by atoms with van der Waals surface area (Å²) in [4.78, 5) is 15.6. The van der Waals surface area contributed by atoms with Crippen molar-refractivity contribution in [3.05, 3.63) is 66.2 Å². The van der Waals surface area contributed by atoms with Crippen molar-refractivity contribution < 1.29 is 21.6 Å². The molecule has 0 aromatic heterocycles. The van der Waals surface area contributed by atoms with Crippen molar-refractivity contribution in [1.29, 1.82) is 0 Å². The number of sulfonamides is 1. The summed E-state index contributed by atoms with van der Waals surface area (Å²) >= 11 is 0. The highest BCUT2D eigenvalue weighted by Crippen LogP contribution is 2.17. The average molecular weight is 453 g/mol. The third-order valence-electron chi connectivity index (χ3n) is 4.63. The van der Waals surface area contributed by atoms with Gasteiger partial charge < -0.3 is 0 Å². The molecule has 0 bridgehead atoms. The highest BCUT2D eigenvalue weighted by atomic mass is 32.2. The first-order valence-electron chi connectivity index (χ1n) is 9.65. The molecule has 9 heteroatoms. The fraction of sp³-hybridized carbons (Fsp3) is 0.381. The van der Waals surface area contributed by atoms with E-state index < -0.39 is 37.7 Å². The summed E-state index contributed by atoms with van der Waals surface area (Å²) in [5, 5.41) is 1.09. The summed E-state index contributed by atoms with van der Waals surface area (Å²) in [7, 11) is -7.44. The molecule has 0 spiro atoms. The molecule has 2 rings (SSSR count). The molecule has 2 unspecified atom stereocenters. The molecule has 0 saturated heterocycles. The Morgan fingerprint density at radius 3 is 2.00 bits per heavy atom. The van der Waals surface area contributed by atoms with E-state index in [-0.39, 0.29) is 10.6 Å². The van der Waals surface area contributed by atoms with E-state index in [0.29, 0.717) is 12.8 Å². The van der Waals surface area contributed by atoms with E-state index in [2.05, 4.69) is 4.83 Å². The van der Waals surface area contributed by atoms with Gasteiger partial charge >= 0.3 is 0 Å². The number of hydrogen-bond acceptors (Lipinski definition) is 5. The maximum absolute atomic E-state index is 13.2. The van der Waals surface area contributed by atoms with Crippen molar-refractivity contribution in [2.24, 2.45) is 5.92 Å². The molecule has 2 aromatic rings. The molecular weight excluding hydrogens is 424 g/mol. The van der Waals surface area contributed by atoms with Crippen LogP contribution < -0.4 is 4.83 Å². The van der Waals surface area contributed by atoms with Crippen LogP contribution in [0.1, 0.15) is 25.8 Å². The van der Waals surface area contributed by atoms with E-state index >= 15 is 0 Å². The summed E-state index contributed by atoms with van der Waals surface area (Å²) in [5.74, 6) is -1.84. The van der Waals surface area contributed by atoms with Crippen LogP contribution in [-0.2, 0) is 31.1 Å². The first-order valence-corrected chi connectivity index (χ1v) is 13.2. The van der Waals surface area contributed by atoms with Crippen molar-refractivity contribution in [1.82, 2.24) is 9.84 Å². The quantitative estimate of drug-likeness (QED) is 0.558. The third-order valence-corrected chi connectivity index (χ3v) is 7.07. The predicted molar refractivity (Wildman–Crippen MR) is 117 cm³/mol. The minimum Gasteiger partial charge on any atom is -0.273 e. The van der Waals surface area contributed by atoms with Crippen LogP contribution in [0, 0.1) is 5.92 Å². The minimum atomic E-state index is -4.02. The highest BCUT2D eigenvalue weighted by Gasteiger charge is 2.32. The second-order valence-electron chi connectivity index (χ2n) is 7.36. The van der Waals surface area contributed by atoms with Gasteiger partial charge in [0.05, 0.1) is 22.6 Å². The molecule has 0 radical (unpaired) electrons. The van der Waals surface area contributed by atoms with Gasteiger partial charge in [0.15, 0.2) is 0 Å². The Morgan fingerprint density at radius 1 is 0.967 bits per heavy atom. The van der Waals surface area contributed by atoms with Gasteiger partial charge in [-0.1, -0.05) is 62.4 Å². The van der Waals surface area contributed by atoms with E-state index in [1.54, 1.807) is 18.2 Å². The standard InChI is InChI=1S/C21H28N2O5S2/c1-4-19(15-18-11-7-5-8-12-18)23(21(24)17(2)16-29(3,25)26)22-30(27,28)20-13-9-6-10-14-20/h5-14,17,19,22H,4,15-16H2,1-3H3. The molecule has 2 aromatic carbocycles. The number of carbonyl (C=O) groups excluding carboxylic acids is 1. The molecule has 0 saturated carbocycles. The number of hydrazine groups is 1. The van der Waals surface area contributed by atoms with E-state index in [4.69, 9.17) is 0 Å². The first kappa shape index (κ1) is 24.0. The van der Waals surface area contributed by atoms with Crippen LogP contribution in [0.4, 0.5) is 0 Å². The van der Waals surface area contributed by atoms with Gasteiger partial charge in [0.2, 0.25) is 5.91 Å². The fourth-order valence-electron chi connectivity index (χ4n) is 3.15. The molecule has 2 atom stereocenters. The van der Waals surface area contributed by atoms with E-state index in [1.807, 2.05) is 37.3 Å². The lowest BCUT2D eigenvalue weighted by Gasteiger charge is -2.33. The van der Waals surface area contributed by atoms with Gasteiger partial charge in [0.25, 0.3) is 10.0 Å². The van der Waals surface area contributed by atoms with Gasteiger partial charge in [-0.05, 0) is 30.5 Å². The van der Waals surface area contributed by atoms with Crippen LogP contribution in [-0.4, -0.2) is 45.8 Å². The van der Waals surface area contributed by atoms with Gasteiger partial charge in [0.1, 0.15) is 9.84 Å². The van der Waals surface area contributed by atoms with Crippen molar-refractivity contribution in [2.45, 2.75) is 37.6 Å². The monoisotopic (exact) mass is 452 g/mol. The zero-order chi connectivity index (χ0) is 22.4.